The Kier molecular flexibility index (Phi) is 2.58. The van der Waals surface area contributed by atoms with Crippen LogP contribution in [0.5, 0.6) is 0 Å². The van der Waals surface area contributed by atoms with E-state index < -0.39 is 17.7 Å². The van der Waals surface area contributed by atoms with Crippen LogP contribution in [0.2, 0.25) is 0 Å². The number of carbonyl (C=O) groups excluding carboxylic acids is 1. The zero-order valence-corrected chi connectivity index (χ0v) is 12.3. The Morgan fingerprint density at radius 1 is 1.10 bits per heavy atom. The van der Waals surface area contributed by atoms with Crippen LogP contribution in [0, 0.1) is 23.7 Å². The normalized spacial score (nSPS) is 57.8. The lowest BCUT2D eigenvalue weighted by molar-refractivity contribution is -0.559. The average molecular weight is 282 g/mol. The summed E-state index contributed by atoms with van der Waals surface area (Å²) in [5.41, 5.74) is -0.610. The molecule has 5 aliphatic rings. The molecule has 4 aliphatic heterocycles. The number of hydrogen-bond donors (Lipinski definition) is 0. The largest absolute Gasteiger partial charge is 0.432 e. The van der Waals surface area contributed by atoms with E-state index in [2.05, 4.69) is 6.92 Å². The van der Waals surface area contributed by atoms with Crippen molar-refractivity contribution in [1.29, 1.82) is 0 Å². The molecule has 112 valence electrons. The highest BCUT2D eigenvalue weighted by Crippen LogP contribution is 2.59. The molecule has 0 aromatic rings. The van der Waals surface area contributed by atoms with E-state index in [0.29, 0.717) is 11.8 Å². The molecule has 4 heterocycles. The second-order valence-corrected chi connectivity index (χ2v) is 7.14. The molecular weight excluding hydrogens is 260 g/mol. The number of esters is 1. The molecule has 0 aromatic carbocycles. The Hall–Kier alpha value is -0.650. The van der Waals surface area contributed by atoms with Gasteiger partial charge in [0.2, 0.25) is 12.1 Å². The minimum absolute atomic E-state index is 0.123. The summed E-state index contributed by atoms with van der Waals surface area (Å²) >= 11 is 0. The first-order chi connectivity index (χ1) is 9.46. The fourth-order valence-electron chi connectivity index (χ4n) is 4.76. The van der Waals surface area contributed by atoms with Gasteiger partial charge in [0, 0.05) is 18.3 Å². The third-order valence-electron chi connectivity index (χ3n) is 5.97. The van der Waals surface area contributed by atoms with Gasteiger partial charge in [-0.2, -0.15) is 0 Å². The third kappa shape index (κ3) is 1.46. The molecule has 0 N–H and O–H groups in total. The van der Waals surface area contributed by atoms with Gasteiger partial charge in [-0.05, 0) is 32.1 Å². The second-order valence-electron chi connectivity index (χ2n) is 7.14. The van der Waals surface area contributed by atoms with Crippen LogP contribution in [0.3, 0.4) is 0 Å². The van der Waals surface area contributed by atoms with Crippen LogP contribution in [0.15, 0.2) is 0 Å². The summed E-state index contributed by atoms with van der Waals surface area (Å²) in [5.74, 6) is -0.137. The number of ether oxygens (including phenoxy) is 2. The van der Waals surface area contributed by atoms with Crippen molar-refractivity contribution in [2.45, 2.75) is 64.1 Å². The van der Waals surface area contributed by atoms with Gasteiger partial charge in [0.25, 0.3) is 0 Å². The molecule has 0 radical (unpaired) electrons. The molecule has 1 saturated carbocycles. The van der Waals surface area contributed by atoms with E-state index in [1.54, 1.807) is 0 Å². The Labute approximate surface area is 118 Å². The fourth-order valence-corrected chi connectivity index (χ4v) is 4.76. The molecule has 0 amide bonds. The highest BCUT2D eigenvalue weighted by Gasteiger charge is 2.69. The summed E-state index contributed by atoms with van der Waals surface area (Å²) in [7, 11) is 0. The van der Waals surface area contributed by atoms with Crippen LogP contribution in [0.4, 0.5) is 0 Å². The Morgan fingerprint density at radius 2 is 1.90 bits per heavy atom. The Bertz CT molecular complexity index is 452. The SMILES string of the molecule is C[C@@H]1CC[C@H]2[C@@H](C)C(=O)O[C@H]3O[C@@]4(C)CC[C@H]1[C@]32OO4. The number of fused-ring (bicyclic) bond motifs is 2. The van der Waals surface area contributed by atoms with Crippen LogP contribution >= 0.6 is 0 Å². The lowest BCUT2D eigenvalue weighted by Gasteiger charge is -2.57. The second kappa shape index (κ2) is 3.96. The molecule has 0 aromatic heterocycles. The zero-order chi connectivity index (χ0) is 14.1. The number of hydrogen-bond acceptors (Lipinski definition) is 5. The van der Waals surface area contributed by atoms with Gasteiger partial charge < -0.3 is 9.47 Å². The average Bonchev–Trinajstić information content (AvgIpc) is 2.63. The summed E-state index contributed by atoms with van der Waals surface area (Å²) < 4.78 is 11.6. The van der Waals surface area contributed by atoms with Gasteiger partial charge in [-0.15, -0.1) is 0 Å². The van der Waals surface area contributed by atoms with Crippen molar-refractivity contribution in [2.24, 2.45) is 23.7 Å². The van der Waals surface area contributed by atoms with Crippen LogP contribution in [-0.2, 0) is 24.0 Å². The molecule has 5 rings (SSSR count). The molecule has 5 nitrogen and oxygen atoms in total. The predicted molar refractivity (Wildman–Crippen MR) is 68.0 cm³/mol. The zero-order valence-electron chi connectivity index (χ0n) is 12.3. The van der Waals surface area contributed by atoms with Crippen molar-refractivity contribution in [3.8, 4) is 0 Å². The van der Waals surface area contributed by atoms with E-state index in [4.69, 9.17) is 19.2 Å². The summed E-state index contributed by atoms with van der Waals surface area (Å²) in [4.78, 5) is 23.7. The van der Waals surface area contributed by atoms with Gasteiger partial charge in [-0.25, -0.2) is 9.78 Å². The summed E-state index contributed by atoms with van der Waals surface area (Å²) in [5, 5.41) is 0. The van der Waals surface area contributed by atoms with Crippen molar-refractivity contribution < 1.29 is 24.0 Å². The summed E-state index contributed by atoms with van der Waals surface area (Å²) in [6, 6.07) is 0. The minimum atomic E-state index is -0.793. The van der Waals surface area contributed by atoms with Gasteiger partial charge in [-0.3, -0.25) is 4.79 Å². The maximum absolute atomic E-state index is 12.1. The Balaban J connectivity index is 1.84. The first kappa shape index (κ1) is 13.0. The van der Waals surface area contributed by atoms with Crippen molar-refractivity contribution in [3.63, 3.8) is 0 Å². The maximum atomic E-state index is 12.1. The van der Waals surface area contributed by atoms with Crippen LogP contribution in [0.25, 0.3) is 0 Å². The van der Waals surface area contributed by atoms with Crippen molar-refractivity contribution >= 4 is 5.97 Å². The maximum Gasteiger partial charge on any atom is 0.311 e. The van der Waals surface area contributed by atoms with Crippen molar-refractivity contribution in [3.05, 3.63) is 0 Å². The molecule has 5 heteroatoms. The van der Waals surface area contributed by atoms with Crippen LogP contribution < -0.4 is 0 Å². The first-order valence-corrected chi connectivity index (χ1v) is 7.71. The van der Waals surface area contributed by atoms with E-state index in [1.807, 2.05) is 13.8 Å². The molecule has 1 spiro atoms. The van der Waals surface area contributed by atoms with Gasteiger partial charge in [0.15, 0.2) is 5.60 Å². The van der Waals surface area contributed by atoms with Gasteiger partial charge in [0.05, 0.1) is 5.92 Å². The standard InChI is InChI=1S/C15H22O5/c1-8-4-5-11-9(2)12(16)17-13-15(11)10(8)6-7-14(3,18-13)19-20-15/h8-11,13H,4-7H2,1-3H3/t8-,9-,10-,11+,13+,14-,15-/m1/s1. The van der Waals surface area contributed by atoms with Gasteiger partial charge in [0.1, 0.15) is 0 Å². The molecular formula is C15H22O5. The van der Waals surface area contributed by atoms with Crippen molar-refractivity contribution in [2.75, 3.05) is 0 Å². The summed E-state index contributed by atoms with van der Waals surface area (Å²) in [6.45, 7) is 6.06. The first-order valence-electron chi connectivity index (χ1n) is 7.71. The molecule has 4 saturated heterocycles. The predicted octanol–water partition coefficient (Wildman–Crippen LogP) is 2.39. The van der Waals surface area contributed by atoms with E-state index in [1.165, 1.54) is 0 Å². The van der Waals surface area contributed by atoms with Crippen LogP contribution in [0.1, 0.15) is 46.5 Å². The lowest BCUT2D eigenvalue weighted by Crippen LogP contribution is -2.69. The Morgan fingerprint density at radius 3 is 2.70 bits per heavy atom. The molecule has 0 unspecified atom stereocenters. The van der Waals surface area contributed by atoms with Crippen LogP contribution in [-0.4, -0.2) is 23.6 Å². The highest BCUT2D eigenvalue weighted by atomic mass is 17.3. The molecule has 1 aliphatic carbocycles. The highest BCUT2D eigenvalue weighted by molar-refractivity contribution is 5.74. The number of carbonyl (C=O) groups is 1. The van der Waals surface area contributed by atoms with Crippen molar-refractivity contribution in [1.82, 2.24) is 0 Å². The lowest BCUT2D eigenvalue weighted by atomic mass is 9.58. The van der Waals surface area contributed by atoms with E-state index in [-0.39, 0.29) is 17.8 Å². The van der Waals surface area contributed by atoms with Gasteiger partial charge in [-0.1, -0.05) is 13.8 Å². The smallest absolute Gasteiger partial charge is 0.311 e. The third-order valence-corrected chi connectivity index (χ3v) is 5.97. The monoisotopic (exact) mass is 282 g/mol. The van der Waals surface area contributed by atoms with E-state index in [0.717, 1.165) is 25.7 Å². The van der Waals surface area contributed by atoms with E-state index >= 15 is 0 Å². The fraction of sp³-hybridized carbons (Fsp3) is 0.933. The quantitative estimate of drug-likeness (QED) is 0.504. The topological polar surface area (TPSA) is 54.0 Å². The molecule has 2 bridgehead atoms. The minimum Gasteiger partial charge on any atom is -0.432 e. The van der Waals surface area contributed by atoms with Gasteiger partial charge >= 0.3 is 5.97 Å². The summed E-state index contributed by atoms with van der Waals surface area (Å²) in [6.07, 6.45) is 3.24. The van der Waals surface area contributed by atoms with E-state index in [9.17, 15) is 4.79 Å². The number of rotatable bonds is 0. The molecule has 5 fully saturated rings. The molecule has 7 atom stereocenters. The molecule has 20 heavy (non-hydrogen) atoms.